The normalized spacial score (nSPS) is 44.6. The third-order valence-electron chi connectivity index (χ3n) is 10.1. The van der Waals surface area contributed by atoms with Crippen molar-refractivity contribution in [2.24, 2.45) is 40.4 Å². The van der Waals surface area contributed by atoms with Gasteiger partial charge in [0, 0.05) is 5.92 Å². The van der Waals surface area contributed by atoms with E-state index in [1.54, 1.807) is 6.08 Å². The molecule has 0 aromatic heterocycles. The zero-order valence-corrected chi connectivity index (χ0v) is 18.5. The number of hydrogen-bond donors (Lipinski definition) is 0. The van der Waals surface area contributed by atoms with Crippen molar-refractivity contribution in [1.82, 2.24) is 0 Å². The summed E-state index contributed by atoms with van der Waals surface area (Å²) in [5.41, 5.74) is -5.02. The lowest BCUT2D eigenvalue weighted by atomic mass is 9.44. The van der Waals surface area contributed by atoms with Crippen molar-refractivity contribution in [3.8, 4) is 0 Å². The fourth-order valence-corrected chi connectivity index (χ4v) is 9.44. The molecule has 7 unspecified atom stereocenters. The van der Waals surface area contributed by atoms with E-state index in [4.69, 9.17) is 4.18 Å². The van der Waals surface area contributed by atoms with Crippen LogP contribution in [0.5, 0.6) is 0 Å². The summed E-state index contributed by atoms with van der Waals surface area (Å²) in [5.74, 6) is 2.60. The fraction of sp³-hybridized carbons (Fsp3) is 0.917. The van der Waals surface area contributed by atoms with Gasteiger partial charge in [0.2, 0.25) is 0 Å². The second-order valence-corrected chi connectivity index (χ2v) is 12.5. The van der Waals surface area contributed by atoms with Gasteiger partial charge in [-0.3, -0.25) is 0 Å². The third-order valence-corrected chi connectivity index (χ3v) is 11.1. The molecule has 0 amide bonds. The number of rotatable bonds is 2. The molecule has 0 N–H and O–H groups in total. The van der Waals surface area contributed by atoms with Gasteiger partial charge in [-0.2, -0.15) is 21.6 Å². The van der Waals surface area contributed by atoms with Crippen LogP contribution in [-0.2, 0) is 14.3 Å². The van der Waals surface area contributed by atoms with Crippen LogP contribution in [0.25, 0.3) is 0 Å². The molecule has 4 saturated carbocycles. The minimum Gasteiger partial charge on any atom is -0.381 e. The lowest BCUT2D eigenvalue weighted by Crippen LogP contribution is -2.54. The monoisotopic (exact) mass is 462 g/mol. The van der Waals surface area contributed by atoms with Crippen molar-refractivity contribution in [3.63, 3.8) is 0 Å². The summed E-state index contributed by atoms with van der Waals surface area (Å²) in [5, 5.41) is 0. The minimum absolute atomic E-state index is 0. The van der Waals surface area contributed by atoms with Crippen molar-refractivity contribution in [2.45, 2.75) is 96.9 Å². The molecule has 4 fully saturated rings. The Labute approximate surface area is 185 Å². The van der Waals surface area contributed by atoms with Crippen LogP contribution >= 0.6 is 0 Å². The van der Waals surface area contributed by atoms with Gasteiger partial charge in [-0.25, -0.2) is 0 Å². The van der Waals surface area contributed by atoms with E-state index in [1.165, 1.54) is 38.5 Å². The molecule has 7 atom stereocenters. The highest BCUT2D eigenvalue weighted by molar-refractivity contribution is 7.87. The number of halogens is 3. The van der Waals surface area contributed by atoms with E-state index in [0.29, 0.717) is 23.7 Å². The molecule has 31 heavy (non-hydrogen) atoms. The number of alkyl halides is 3. The molecule has 0 aromatic carbocycles. The van der Waals surface area contributed by atoms with Crippen LogP contribution in [0.3, 0.4) is 0 Å². The molecule has 0 heterocycles. The summed E-state index contributed by atoms with van der Waals surface area (Å²) in [4.78, 5) is 0. The van der Waals surface area contributed by atoms with Crippen LogP contribution < -0.4 is 0 Å². The Hall–Kier alpha value is -0.720. The maximum atomic E-state index is 12.9. The summed E-state index contributed by atoms with van der Waals surface area (Å²) in [6.45, 7) is 2.52. The summed E-state index contributed by atoms with van der Waals surface area (Å²) in [6.07, 6.45) is 15.0. The lowest BCUT2D eigenvalue weighted by molar-refractivity contribution is -0.118. The Morgan fingerprint density at radius 2 is 1.74 bits per heavy atom. The zero-order chi connectivity index (χ0) is 21.4. The molecular formula is C24H37F3O3S. The molecule has 0 aliphatic heterocycles. The molecule has 7 heteroatoms. The van der Waals surface area contributed by atoms with Crippen molar-refractivity contribution in [3.05, 3.63) is 11.8 Å². The quantitative estimate of drug-likeness (QED) is 0.322. The van der Waals surface area contributed by atoms with Gasteiger partial charge in [0.15, 0.2) is 0 Å². The largest absolute Gasteiger partial charge is 0.534 e. The van der Waals surface area contributed by atoms with Gasteiger partial charge in [0.25, 0.3) is 0 Å². The van der Waals surface area contributed by atoms with Gasteiger partial charge < -0.3 is 4.18 Å². The predicted octanol–water partition coefficient (Wildman–Crippen LogP) is 7.20. The van der Waals surface area contributed by atoms with E-state index < -0.39 is 15.6 Å². The Kier molecular flexibility index (Phi) is 5.79. The van der Waals surface area contributed by atoms with Crippen LogP contribution in [0, 0.1) is 40.4 Å². The fourth-order valence-electron chi connectivity index (χ4n) is 8.91. The average Bonchev–Trinajstić information content (AvgIpc) is 3.07. The standard InChI is InChI=1S/C23H33F3O3S.CH4/c1-21-12-3-2-5-15(21)7-8-16-17(21)11-14-22-13-4-6-20(19(22)10-9-18(16)22)29-30(27,28)23(24,25)26;/h6,15-19H,2-5,7-14H2,1H3;1H4. The summed E-state index contributed by atoms with van der Waals surface area (Å²) in [6, 6.07) is 0. The SMILES string of the molecule is C.CC12CCCCC1CCC1C2CCC23CCC=C(OS(=O)(=O)C(F)(F)F)C2CCC13. The van der Waals surface area contributed by atoms with E-state index in [0.717, 1.165) is 43.9 Å². The van der Waals surface area contributed by atoms with Gasteiger partial charge in [-0.15, -0.1) is 0 Å². The van der Waals surface area contributed by atoms with Crippen molar-refractivity contribution < 1.29 is 25.8 Å². The van der Waals surface area contributed by atoms with E-state index >= 15 is 0 Å². The van der Waals surface area contributed by atoms with E-state index in [1.807, 2.05) is 0 Å². The molecule has 5 rings (SSSR count). The number of hydrogen-bond acceptors (Lipinski definition) is 3. The predicted molar refractivity (Wildman–Crippen MR) is 114 cm³/mol. The molecule has 0 radical (unpaired) electrons. The summed E-state index contributed by atoms with van der Waals surface area (Å²) < 4.78 is 67.0. The molecule has 0 aromatic rings. The Balaban J connectivity index is 0.00000231. The first-order valence-corrected chi connectivity index (χ1v) is 13.2. The zero-order valence-electron chi connectivity index (χ0n) is 17.7. The van der Waals surface area contributed by atoms with Crippen molar-refractivity contribution in [2.75, 3.05) is 0 Å². The maximum absolute atomic E-state index is 12.9. The third kappa shape index (κ3) is 3.38. The minimum atomic E-state index is -5.59. The highest BCUT2D eigenvalue weighted by atomic mass is 32.2. The Bertz CT molecular complexity index is 835. The molecule has 0 saturated heterocycles. The Morgan fingerprint density at radius 3 is 2.48 bits per heavy atom. The average molecular weight is 463 g/mol. The second kappa shape index (κ2) is 7.66. The molecule has 5 aliphatic rings. The molecule has 3 nitrogen and oxygen atoms in total. The first kappa shape index (κ1) is 23.4. The molecule has 1 spiro atoms. The van der Waals surface area contributed by atoms with Crippen LogP contribution in [0.2, 0.25) is 0 Å². The first-order valence-electron chi connectivity index (χ1n) is 11.8. The van der Waals surface area contributed by atoms with Gasteiger partial charge in [0.05, 0.1) is 0 Å². The highest BCUT2D eigenvalue weighted by Crippen LogP contribution is 2.70. The first-order chi connectivity index (χ1) is 14.1. The topological polar surface area (TPSA) is 43.4 Å². The second-order valence-electron chi connectivity index (χ2n) is 10.9. The van der Waals surface area contributed by atoms with E-state index in [2.05, 4.69) is 6.92 Å². The molecular weight excluding hydrogens is 425 g/mol. The van der Waals surface area contributed by atoms with Crippen LogP contribution in [0.15, 0.2) is 11.8 Å². The van der Waals surface area contributed by atoms with Crippen LogP contribution in [-0.4, -0.2) is 13.9 Å². The Morgan fingerprint density at radius 1 is 0.968 bits per heavy atom. The molecule has 5 aliphatic carbocycles. The molecule has 0 bridgehead atoms. The van der Waals surface area contributed by atoms with Gasteiger partial charge in [-0.05, 0) is 105 Å². The van der Waals surface area contributed by atoms with Crippen LogP contribution in [0.4, 0.5) is 13.2 Å². The van der Waals surface area contributed by atoms with E-state index in [9.17, 15) is 21.6 Å². The van der Waals surface area contributed by atoms with Crippen LogP contribution in [0.1, 0.15) is 91.4 Å². The summed E-state index contributed by atoms with van der Waals surface area (Å²) >= 11 is 0. The smallest absolute Gasteiger partial charge is 0.381 e. The summed E-state index contributed by atoms with van der Waals surface area (Å²) in [7, 11) is -5.59. The highest BCUT2D eigenvalue weighted by Gasteiger charge is 2.63. The van der Waals surface area contributed by atoms with Gasteiger partial charge >= 0.3 is 15.6 Å². The molecule has 178 valence electrons. The van der Waals surface area contributed by atoms with E-state index in [-0.39, 0.29) is 24.5 Å². The van der Waals surface area contributed by atoms with Crippen molar-refractivity contribution >= 4 is 10.1 Å². The number of allylic oxidation sites excluding steroid dienone is 2. The number of fused-ring (bicyclic) bond motifs is 4. The lowest BCUT2D eigenvalue weighted by Gasteiger charge is -2.61. The van der Waals surface area contributed by atoms with Gasteiger partial charge in [0.1, 0.15) is 5.76 Å². The maximum Gasteiger partial charge on any atom is 0.534 e. The van der Waals surface area contributed by atoms with Gasteiger partial charge in [-0.1, -0.05) is 27.2 Å². The van der Waals surface area contributed by atoms with Crippen molar-refractivity contribution in [1.29, 1.82) is 0 Å².